The van der Waals surface area contributed by atoms with Gasteiger partial charge in [0.1, 0.15) is 22.9 Å². The van der Waals surface area contributed by atoms with E-state index in [0.717, 1.165) is 12.1 Å². The van der Waals surface area contributed by atoms with E-state index >= 15 is 0 Å². The molecular weight excluding hydrogens is 415 g/mol. The molecule has 0 spiro atoms. The highest BCUT2D eigenvalue weighted by atomic mass is 19.1. The largest absolute Gasteiger partial charge is 0.496 e. The number of benzene rings is 3. The molecule has 0 radical (unpaired) electrons. The Hall–Kier alpha value is -4.13. The molecule has 0 aliphatic rings. The van der Waals surface area contributed by atoms with Crippen molar-refractivity contribution in [3.8, 4) is 23.0 Å². The molecule has 0 N–H and O–H groups in total. The van der Waals surface area contributed by atoms with Crippen molar-refractivity contribution >= 4 is 17.8 Å². The summed E-state index contributed by atoms with van der Waals surface area (Å²) in [4.78, 5) is 25.4. The first-order valence-corrected chi connectivity index (χ1v) is 9.56. The summed E-state index contributed by atoms with van der Waals surface area (Å²) in [7, 11) is 4.46. The molecule has 3 aromatic rings. The fourth-order valence-corrected chi connectivity index (χ4v) is 2.97. The highest BCUT2D eigenvalue weighted by molar-refractivity contribution is 6.09. The zero-order valence-electron chi connectivity index (χ0n) is 17.8. The molecule has 0 fully saturated rings. The van der Waals surface area contributed by atoms with E-state index in [1.165, 1.54) is 39.5 Å². The lowest BCUT2D eigenvalue weighted by atomic mass is 10.1. The second-order valence-electron chi connectivity index (χ2n) is 6.54. The van der Waals surface area contributed by atoms with Crippen molar-refractivity contribution in [2.45, 2.75) is 0 Å². The van der Waals surface area contributed by atoms with Crippen molar-refractivity contribution in [3.63, 3.8) is 0 Å². The van der Waals surface area contributed by atoms with Gasteiger partial charge in [0.05, 0.1) is 26.9 Å². The highest BCUT2D eigenvalue weighted by Gasteiger charge is 2.18. The van der Waals surface area contributed by atoms with Crippen LogP contribution in [0.5, 0.6) is 23.0 Å². The molecule has 0 atom stereocenters. The van der Waals surface area contributed by atoms with Crippen LogP contribution in [0.4, 0.5) is 4.39 Å². The van der Waals surface area contributed by atoms with E-state index in [-0.39, 0.29) is 16.9 Å². The van der Waals surface area contributed by atoms with E-state index in [1.807, 2.05) is 0 Å². The number of hydrogen-bond acceptors (Lipinski definition) is 6. The maximum Gasteiger partial charge on any atom is 0.347 e. The number of methoxy groups -OCH3 is 3. The number of halogens is 1. The molecule has 0 bridgehead atoms. The second kappa shape index (κ2) is 10.3. The number of para-hydroxylation sites is 1. The van der Waals surface area contributed by atoms with Crippen LogP contribution in [0.1, 0.15) is 26.3 Å². The standard InChI is InChI=1S/C25H21FO6/c1-29-21-7-5-4-6-18(21)25(28)32-22-13-10-17(26)15-19(22)20(27)11-8-16-9-12-23(30-2)24(14-16)31-3/h4-15H,1-3H3. The Balaban J connectivity index is 1.86. The van der Waals surface area contributed by atoms with E-state index in [0.29, 0.717) is 22.8 Å². The van der Waals surface area contributed by atoms with Crippen LogP contribution < -0.4 is 18.9 Å². The summed E-state index contributed by atoms with van der Waals surface area (Å²) in [5.41, 5.74) is 0.753. The quantitative estimate of drug-likeness (QED) is 0.215. The molecule has 7 heteroatoms. The average Bonchev–Trinajstić information content (AvgIpc) is 2.83. The number of esters is 1. The average molecular weight is 436 g/mol. The third kappa shape index (κ3) is 5.13. The monoisotopic (exact) mass is 436 g/mol. The molecule has 0 aromatic heterocycles. The van der Waals surface area contributed by atoms with Crippen LogP contribution in [-0.4, -0.2) is 33.1 Å². The molecule has 3 rings (SSSR count). The third-order valence-corrected chi connectivity index (χ3v) is 4.57. The summed E-state index contributed by atoms with van der Waals surface area (Å²) >= 11 is 0. The van der Waals surface area contributed by atoms with Gasteiger partial charge in [-0.2, -0.15) is 0 Å². The van der Waals surface area contributed by atoms with Crippen molar-refractivity contribution in [3.05, 3.63) is 89.2 Å². The van der Waals surface area contributed by atoms with Crippen LogP contribution in [0.3, 0.4) is 0 Å². The minimum Gasteiger partial charge on any atom is -0.496 e. The molecule has 3 aromatic carbocycles. The van der Waals surface area contributed by atoms with Crippen LogP contribution in [-0.2, 0) is 0 Å². The number of carbonyl (C=O) groups excluding carboxylic acids is 2. The van der Waals surface area contributed by atoms with Gasteiger partial charge in [-0.3, -0.25) is 4.79 Å². The normalized spacial score (nSPS) is 10.6. The Morgan fingerprint density at radius 3 is 2.16 bits per heavy atom. The lowest BCUT2D eigenvalue weighted by Gasteiger charge is -2.11. The SMILES string of the molecule is COc1ccc(C=CC(=O)c2cc(F)ccc2OC(=O)c2ccccc2OC)cc1OC. The fraction of sp³-hybridized carbons (Fsp3) is 0.120. The Kier molecular flexibility index (Phi) is 7.23. The van der Waals surface area contributed by atoms with Gasteiger partial charge in [-0.1, -0.05) is 24.3 Å². The molecule has 0 amide bonds. The Labute approximate surface area is 184 Å². The lowest BCUT2D eigenvalue weighted by Crippen LogP contribution is -2.12. The first kappa shape index (κ1) is 22.6. The van der Waals surface area contributed by atoms with Crippen LogP contribution in [0.15, 0.2) is 66.7 Å². The van der Waals surface area contributed by atoms with Crippen molar-refractivity contribution in [1.29, 1.82) is 0 Å². The van der Waals surface area contributed by atoms with Crippen molar-refractivity contribution in [2.24, 2.45) is 0 Å². The maximum absolute atomic E-state index is 13.9. The number of hydrogen-bond donors (Lipinski definition) is 0. The zero-order chi connectivity index (χ0) is 23.1. The first-order valence-electron chi connectivity index (χ1n) is 9.56. The predicted octanol–water partition coefficient (Wildman–Crippen LogP) is 4.97. The van der Waals surface area contributed by atoms with Gasteiger partial charge in [-0.05, 0) is 54.1 Å². The first-order chi connectivity index (χ1) is 15.5. The summed E-state index contributed by atoms with van der Waals surface area (Å²) < 4.78 is 34.9. The minimum absolute atomic E-state index is 0.0655. The van der Waals surface area contributed by atoms with E-state index in [2.05, 4.69) is 0 Å². The molecule has 0 saturated heterocycles. The lowest BCUT2D eigenvalue weighted by molar-refractivity contribution is 0.0729. The topological polar surface area (TPSA) is 71.1 Å². The smallest absolute Gasteiger partial charge is 0.347 e. The van der Waals surface area contributed by atoms with E-state index in [9.17, 15) is 14.0 Å². The summed E-state index contributed by atoms with van der Waals surface area (Å²) in [6.07, 6.45) is 2.80. The zero-order valence-corrected chi connectivity index (χ0v) is 17.8. The van der Waals surface area contributed by atoms with Gasteiger partial charge in [0.2, 0.25) is 0 Å². The molecule has 0 saturated carbocycles. The number of ether oxygens (including phenoxy) is 4. The molecule has 0 unspecified atom stereocenters. The van der Waals surface area contributed by atoms with Crippen molar-refractivity contribution in [1.82, 2.24) is 0 Å². The number of allylic oxidation sites excluding steroid dienone is 1. The van der Waals surface area contributed by atoms with Gasteiger partial charge in [0.25, 0.3) is 0 Å². The molecule has 0 heterocycles. The van der Waals surface area contributed by atoms with Gasteiger partial charge in [0, 0.05) is 0 Å². The van der Waals surface area contributed by atoms with E-state index in [4.69, 9.17) is 18.9 Å². The molecule has 32 heavy (non-hydrogen) atoms. The number of rotatable bonds is 8. The molecule has 0 aliphatic heterocycles. The van der Waals surface area contributed by atoms with Gasteiger partial charge in [0.15, 0.2) is 17.3 Å². The van der Waals surface area contributed by atoms with Gasteiger partial charge < -0.3 is 18.9 Å². The van der Waals surface area contributed by atoms with Crippen molar-refractivity contribution in [2.75, 3.05) is 21.3 Å². The van der Waals surface area contributed by atoms with Crippen LogP contribution in [0.25, 0.3) is 6.08 Å². The van der Waals surface area contributed by atoms with Crippen LogP contribution in [0.2, 0.25) is 0 Å². The molecule has 0 aliphatic carbocycles. The molecule has 6 nitrogen and oxygen atoms in total. The summed E-state index contributed by atoms with van der Waals surface area (Å²) in [5.74, 6) is -0.602. The maximum atomic E-state index is 13.9. The summed E-state index contributed by atoms with van der Waals surface area (Å²) in [6.45, 7) is 0. The third-order valence-electron chi connectivity index (χ3n) is 4.57. The predicted molar refractivity (Wildman–Crippen MR) is 117 cm³/mol. The van der Waals surface area contributed by atoms with Gasteiger partial charge in [-0.15, -0.1) is 0 Å². The molecule has 164 valence electrons. The summed E-state index contributed by atoms with van der Waals surface area (Å²) in [6, 6.07) is 15.0. The van der Waals surface area contributed by atoms with Gasteiger partial charge in [-0.25, -0.2) is 9.18 Å². The summed E-state index contributed by atoms with van der Waals surface area (Å²) in [5, 5.41) is 0. The van der Waals surface area contributed by atoms with Crippen LogP contribution >= 0.6 is 0 Å². The van der Waals surface area contributed by atoms with Gasteiger partial charge >= 0.3 is 5.97 Å². The number of carbonyl (C=O) groups is 2. The van der Waals surface area contributed by atoms with Crippen molar-refractivity contribution < 1.29 is 32.9 Å². The number of ketones is 1. The molecular formula is C25H21FO6. The minimum atomic E-state index is -0.730. The fourth-order valence-electron chi connectivity index (χ4n) is 2.97. The van der Waals surface area contributed by atoms with E-state index < -0.39 is 17.6 Å². The van der Waals surface area contributed by atoms with E-state index in [1.54, 1.807) is 42.5 Å². The Bertz CT molecular complexity index is 1170. The second-order valence-corrected chi connectivity index (χ2v) is 6.54. The Morgan fingerprint density at radius 2 is 1.44 bits per heavy atom. The Morgan fingerprint density at radius 1 is 0.750 bits per heavy atom. The highest BCUT2D eigenvalue weighted by Crippen LogP contribution is 2.29. The van der Waals surface area contributed by atoms with Crippen LogP contribution in [0, 0.1) is 5.82 Å².